The van der Waals surface area contributed by atoms with Gasteiger partial charge in [-0.05, 0) is 5.56 Å². The summed E-state index contributed by atoms with van der Waals surface area (Å²) in [4.78, 5) is 25.8. The fourth-order valence-electron chi connectivity index (χ4n) is 1.17. The number of rotatable bonds is 7. The summed E-state index contributed by atoms with van der Waals surface area (Å²) in [5.41, 5.74) is 2.50. The van der Waals surface area contributed by atoms with E-state index in [4.69, 9.17) is 15.1 Å². The number of carbonyl (C=O) groups is 2. The van der Waals surface area contributed by atoms with Crippen molar-refractivity contribution in [3.05, 3.63) is 53.7 Å². The Morgan fingerprint density at radius 3 is 2.47 bits per heavy atom. The van der Waals surface area contributed by atoms with Crippen molar-refractivity contribution in [2.45, 2.75) is 0 Å². The van der Waals surface area contributed by atoms with Crippen LogP contribution in [0.5, 0.6) is 0 Å². The Labute approximate surface area is 109 Å². The Kier molecular flexibility index (Phi) is 5.84. The summed E-state index contributed by atoms with van der Waals surface area (Å²) in [5, 5.41) is 17.1. The molecule has 1 aromatic carbocycles. The first kappa shape index (κ1) is 14.5. The summed E-state index contributed by atoms with van der Waals surface area (Å²) in [7, 11) is 0. The molecule has 0 fully saturated rings. The number of nitrogens with one attached hydrogen (secondary N) is 1. The standard InChI is InChI=1S/C13H13NO5/c15-12(16)9-11(13(17)18)14-19-8-4-7-10-5-2-1-3-6-10/h1-7,9,14H,8H2,(H,15,16)(H,17,18). The maximum atomic E-state index is 10.6. The monoisotopic (exact) mass is 263 g/mol. The second-order valence-electron chi connectivity index (χ2n) is 3.43. The van der Waals surface area contributed by atoms with Crippen LogP contribution in [-0.4, -0.2) is 28.8 Å². The van der Waals surface area contributed by atoms with Crippen molar-refractivity contribution in [2.75, 3.05) is 6.61 Å². The fraction of sp³-hybridized carbons (Fsp3) is 0.0769. The molecular weight excluding hydrogens is 250 g/mol. The minimum Gasteiger partial charge on any atom is -0.478 e. The molecule has 0 aliphatic rings. The van der Waals surface area contributed by atoms with Gasteiger partial charge in [0, 0.05) is 0 Å². The van der Waals surface area contributed by atoms with Crippen LogP contribution in [0.3, 0.4) is 0 Å². The summed E-state index contributed by atoms with van der Waals surface area (Å²) in [5.74, 6) is -2.78. The third-order valence-corrected chi connectivity index (χ3v) is 1.97. The van der Waals surface area contributed by atoms with E-state index in [1.165, 1.54) is 0 Å². The van der Waals surface area contributed by atoms with Crippen LogP contribution in [0.2, 0.25) is 0 Å². The predicted molar refractivity (Wildman–Crippen MR) is 67.9 cm³/mol. The maximum absolute atomic E-state index is 10.6. The second kappa shape index (κ2) is 7.67. The van der Waals surface area contributed by atoms with Crippen LogP contribution in [0.1, 0.15) is 5.56 Å². The minimum absolute atomic E-state index is 0.0964. The van der Waals surface area contributed by atoms with Gasteiger partial charge in [-0.2, -0.15) is 0 Å². The molecule has 0 aliphatic heterocycles. The number of hydrogen-bond donors (Lipinski definition) is 3. The molecule has 0 saturated heterocycles. The van der Waals surface area contributed by atoms with Crippen molar-refractivity contribution in [3.8, 4) is 0 Å². The van der Waals surface area contributed by atoms with E-state index in [0.29, 0.717) is 6.08 Å². The highest BCUT2D eigenvalue weighted by Crippen LogP contribution is 2.00. The Hall–Kier alpha value is -2.60. The largest absolute Gasteiger partial charge is 0.478 e. The SMILES string of the molecule is O=C(O)C=C(NOCC=Cc1ccccc1)C(=O)O. The third-order valence-electron chi connectivity index (χ3n) is 1.97. The highest BCUT2D eigenvalue weighted by atomic mass is 16.6. The molecule has 0 atom stereocenters. The number of aliphatic carboxylic acids is 2. The molecule has 3 N–H and O–H groups in total. The summed E-state index contributed by atoms with van der Waals surface area (Å²) < 4.78 is 0. The molecule has 0 saturated carbocycles. The van der Waals surface area contributed by atoms with Gasteiger partial charge in [0.25, 0.3) is 0 Å². The molecule has 1 aromatic rings. The fourth-order valence-corrected chi connectivity index (χ4v) is 1.17. The Morgan fingerprint density at radius 1 is 1.21 bits per heavy atom. The summed E-state index contributed by atoms with van der Waals surface area (Å²) >= 11 is 0. The number of hydroxylamine groups is 1. The smallest absolute Gasteiger partial charge is 0.354 e. The predicted octanol–water partition coefficient (Wildman–Crippen LogP) is 1.27. The first-order valence-corrected chi connectivity index (χ1v) is 5.37. The van der Waals surface area contributed by atoms with Crippen LogP contribution in [-0.2, 0) is 14.4 Å². The van der Waals surface area contributed by atoms with Gasteiger partial charge in [0.2, 0.25) is 0 Å². The molecule has 1 rings (SSSR count). The number of carboxylic acid groups (broad SMARTS) is 2. The van der Waals surface area contributed by atoms with Crippen LogP contribution in [0.15, 0.2) is 48.2 Å². The zero-order chi connectivity index (χ0) is 14.1. The summed E-state index contributed by atoms with van der Waals surface area (Å²) in [6.07, 6.45) is 3.98. The van der Waals surface area contributed by atoms with Crippen LogP contribution in [0, 0.1) is 0 Å². The zero-order valence-electron chi connectivity index (χ0n) is 9.95. The molecule has 6 nitrogen and oxygen atoms in total. The topological polar surface area (TPSA) is 95.9 Å². The van der Waals surface area contributed by atoms with Gasteiger partial charge < -0.3 is 10.2 Å². The Morgan fingerprint density at radius 2 is 1.89 bits per heavy atom. The van der Waals surface area contributed by atoms with Gasteiger partial charge >= 0.3 is 11.9 Å². The second-order valence-corrected chi connectivity index (χ2v) is 3.43. The lowest BCUT2D eigenvalue weighted by atomic mass is 10.2. The quantitative estimate of drug-likeness (QED) is 0.389. The van der Waals surface area contributed by atoms with E-state index in [9.17, 15) is 9.59 Å². The van der Waals surface area contributed by atoms with Crippen LogP contribution < -0.4 is 5.48 Å². The first-order valence-electron chi connectivity index (χ1n) is 5.37. The molecule has 0 aromatic heterocycles. The van der Waals surface area contributed by atoms with E-state index in [1.807, 2.05) is 30.3 Å². The third kappa shape index (κ3) is 6.04. The van der Waals surface area contributed by atoms with Crippen molar-refractivity contribution in [1.82, 2.24) is 5.48 Å². The highest BCUT2D eigenvalue weighted by molar-refractivity contribution is 5.93. The van der Waals surface area contributed by atoms with E-state index in [-0.39, 0.29) is 6.61 Å². The molecule has 0 amide bonds. The lowest BCUT2D eigenvalue weighted by molar-refractivity contribution is -0.136. The van der Waals surface area contributed by atoms with E-state index >= 15 is 0 Å². The first-order chi connectivity index (χ1) is 9.09. The molecule has 0 radical (unpaired) electrons. The van der Waals surface area contributed by atoms with Gasteiger partial charge in [-0.3, -0.25) is 10.3 Å². The number of benzene rings is 1. The summed E-state index contributed by atoms with van der Waals surface area (Å²) in [6.45, 7) is 0.0964. The van der Waals surface area contributed by atoms with Crippen molar-refractivity contribution in [2.24, 2.45) is 0 Å². The van der Waals surface area contributed by atoms with Crippen molar-refractivity contribution in [1.29, 1.82) is 0 Å². The molecule has 0 unspecified atom stereocenters. The summed E-state index contributed by atoms with van der Waals surface area (Å²) in [6, 6.07) is 9.47. The average Bonchev–Trinajstić information content (AvgIpc) is 2.37. The van der Waals surface area contributed by atoms with E-state index in [0.717, 1.165) is 5.56 Å². The Bertz CT molecular complexity index is 493. The molecule has 19 heavy (non-hydrogen) atoms. The zero-order valence-corrected chi connectivity index (χ0v) is 9.95. The number of hydrogen-bond acceptors (Lipinski definition) is 4. The normalized spacial score (nSPS) is 11.5. The minimum atomic E-state index is -1.41. The number of carboxylic acids is 2. The molecule has 0 aliphatic carbocycles. The van der Waals surface area contributed by atoms with Gasteiger partial charge in [-0.25, -0.2) is 9.59 Å². The molecule has 6 heteroatoms. The molecule has 0 heterocycles. The molecule has 100 valence electrons. The average molecular weight is 263 g/mol. The Balaban J connectivity index is 2.39. The lowest BCUT2D eigenvalue weighted by Gasteiger charge is -2.04. The van der Waals surface area contributed by atoms with Crippen molar-refractivity contribution < 1.29 is 24.6 Å². The van der Waals surface area contributed by atoms with Gasteiger partial charge in [0.05, 0.1) is 12.7 Å². The van der Waals surface area contributed by atoms with Gasteiger partial charge in [0.15, 0.2) is 5.70 Å². The van der Waals surface area contributed by atoms with Crippen LogP contribution in [0.25, 0.3) is 6.08 Å². The highest BCUT2D eigenvalue weighted by Gasteiger charge is 2.08. The van der Waals surface area contributed by atoms with Crippen LogP contribution >= 0.6 is 0 Å². The van der Waals surface area contributed by atoms with Crippen LogP contribution in [0.4, 0.5) is 0 Å². The van der Waals surface area contributed by atoms with Gasteiger partial charge in [0.1, 0.15) is 0 Å². The lowest BCUT2D eigenvalue weighted by Crippen LogP contribution is -2.21. The van der Waals surface area contributed by atoms with Crippen molar-refractivity contribution >= 4 is 18.0 Å². The van der Waals surface area contributed by atoms with Gasteiger partial charge in [-0.1, -0.05) is 42.5 Å². The van der Waals surface area contributed by atoms with E-state index < -0.39 is 17.6 Å². The van der Waals surface area contributed by atoms with Crippen molar-refractivity contribution in [3.63, 3.8) is 0 Å². The molecule has 0 spiro atoms. The molecule has 0 bridgehead atoms. The maximum Gasteiger partial charge on any atom is 0.354 e. The van der Waals surface area contributed by atoms with E-state index in [1.54, 1.807) is 12.2 Å². The molecular formula is C13H13NO5. The van der Waals surface area contributed by atoms with Gasteiger partial charge in [-0.15, -0.1) is 0 Å². The van der Waals surface area contributed by atoms with E-state index in [2.05, 4.69) is 5.48 Å².